The van der Waals surface area contributed by atoms with E-state index in [1.807, 2.05) is 0 Å². The molecule has 1 aromatic heterocycles. The van der Waals surface area contributed by atoms with Crippen LogP contribution in [-0.2, 0) is 19.5 Å². The monoisotopic (exact) mass is 249 g/mol. The standard InChI is InChI=1S/C14H23N3O/c1-10(2)8-17-6-5-14-12(9-17)13(16-18-14)7-15-11-3-4-11/h10-11,15H,3-9H2,1-2H3. The molecule has 4 heteroatoms. The first-order valence-corrected chi connectivity index (χ1v) is 7.14. The fraction of sp³-hybridized carbons (Fsp3) is 0.786. The molecule has 0 aromatic carbocycles. The van der Waals surface area contributed by atoms with E-state index in [9.17, 15) is 0 Å². The second-order valence-electron chi connectivity index (χ2n) is 6.07. The van der Waals surface area contributed by atoms with Crippen molar-refractivity contribution in [2.75, 3.05) is 13.1 Å². The summed E-state index contributed by atoms with van der Waals surface area (Å²) in [6.45, 7) is 8.71. The maximum absolute atomic E-state index is 5.48. The van der Waals surface area contributed by atoms with E-state index in [-0.39, 0.29) is 0 Å². The molecule has 0 spiro atoms. The predicted octanol–water partition coefficient (Wildman–Crippen LogP) is 1.94. The summed E-state index contributed by atoms with van der Waals surface area (Å²) in [5.41, 5.74) is 2.47. The Morgan fingerprint density at radius 2 is 2.28 bits per heavy atom. The number of rotatable bonds is 5. The molecule has 0 saturated heterocycles. The number of hydrogen-bond donors (Lipinski definition) is 1. The molecule has 2 aliphatic rings. The lowest BCUT2D eigenvalue weighted by molar-refractivity contribution is 0.213. The summed E-state index contributed by atoms with van der Waals surface area (Å²) in [5, 5.41) is 7.77. The Kier molecular flexibility index (Phi) is 3.39. The molecule has 1 aliphatic heterocycles. The quantitative estimate of drug-likeness (QED) is 0.866. The SMILES string of the molecule is CC(C)CN1CCc2onc(CNC3CC3)c2C1. The van der Waals surface area contributed by atoms with E-state index >= 15 is 0 Å². The van der Waals surface area contributed by atoms with E-state index in [1.165, 1.54) is 24.9 Å². The highest BCUT2D eigenvalue weighted by atomic mass is 16.5. The number of aromatic nitrogens is 1. The zero-order valence-electron chi connectivity index (χ0n) is 11.4. The maximum atomic E-state index is 5.48. The Bertz CT molecular complexity index is 409. The Balaban J connectivity index is 1.65. The molecule has 3 rings (SSSR count). The highest BCUT2D eigenvalue weighted by molar-refractivity contribution is 5.25. The van der Waals surface area contributed by atoms with Crippen LogP contribution in [0.3, 0.4) is 0 Å². The molecule has 18 heavy (non-hydrogen) atoms. The summed E-state index contributed by atoms with van der Waals surface area (Å²) in [7, 11) is 0. The van der Waals surface area contributed by atoms with E-state index in [0.29, 0.717) is 0 Å². The van der Waals surface area contributed by atoms with Crippen molar-refractivity contribution in [2.45, 2.75) is 52.2 Å². The van der Waals surface area contributed by atoms with Crippen LogP contribution in [0.5, 0.6) is 0 Å². The van der Waals surface area contributed by atoms with Crippen molar-refractivity contribution in [3.8, 4) is 0 Å². The van der Waals surface area contributed by atoms with Gasteiger partial charge in [-0.2, -0.15) is 0 Å². The minimum Gasteiger partial charge on any atom is -0.361 e. The Hall–Kier alpha value is -0.870. The number of hydrogen-bond acceptors (Lipinski definition) is 4. The average Bonchev–Trinajstić information content (AvgIpc) is 3.07. The zero-order valence-corrected chi connectivity index (χ0v) is 11.4. The second-order valence-corrected chi connectivity index (χ2v) is 6.07. The molecular formula is C14H23N3O. The molecule has 0 atom stereocenters. The molecule has 1 fully saturated rings. The highest BCUT2D eigenvalue weighted by Crippen LogP contribution is 2.24. The van der Waals surface area contributed by atoms with Gasteiger partial charge in [0.2, 0.25) is 0 Å². The smallest absolute Gasteiger partial charge is 0.142 e. The van der Waals surface area contributed by atoms with Gasteiger partial charge >= 0.3 is 0 Å². The molecule has 1 N–H and O–H groups in total. The van der Waals surface area contributed by atoms with Crippen molar-refractivity contribution < 1.29 is 4.52 Å². The van der Waals surface area contributed by atoms with Gasteiger partial charge in [-0.1, -0.05) is 19.0 Å². The number of fused-ring (bicyclic) bond motifs is 1. The Labute approximate surface area is 109 Å². The predicted molar refractivity (Wildman–Crippen MR) is 70.2 cm³/mol. The Morgan fingerprint density at radius 3 is 3.00 bits per heavy atom. The van der Waals surface area contributed by atoms with E-state index in [4.69, 9.17) is 4.52 Å². The van der Waals surface area contributed by atoms with Crippen molar-refractivity contribution in [3.63, 3.8) is 0 Å². The van der Waals surface area contributed by atoms with Crippen molar-refractivity contribution >= 4 is 0 Å². The topological polar surface area (TPSA) is 41.3 Å². The average molecular weight is 249 g/mol. The maximum Gasteiger partial charge on any atom is 0.142 e. The molecule has 1 aromatic rings. The minimum atomic E-state index is 0.722. The van der Waals surface area contributed by atoms with Gasteiger partial charge in [-0.25, -0.2) is 0 Å². The van der Waals surface area contributed by atoms with Gasteiger partial charge in [-0.3, -0.25) is 4.90 Å². The van der Waals surface area contributed by atoms with Crippen LogP contribution in [0.4, 0.5) is 0 Å². The first kappa shape index (κ1) is 12.2. The van der Waals surface area contributed by atoms with Gasteiger partial charge in [0.15, 0.2) is 0 Å². The van der Waals surface area contributed by atoms with Gasteiger partial charge in [0.05, 0.1) is 0 Å². The van der Waals surface area contributed by atoms with E-state index in [1.54, 1.807) is 0 Å². The third-order valence-corrected chi connectivity index (χ3v) is 3.75. The fourth-order valence-corrected chi connectivity index (χ4v) is 2.66. The van der Waals surface area contributed by atoms with Crippen LogP contribution < -0.4 is 5.32 Å². The molecule has 0 bridgehead atoms. The van der Waals surface area contributed by atoms with E-state index in [2.05, 4.69) is 29.2 Å². The van der Waals surface area contributed by atoms with Crippen molar-refractivity contribution in [1.29, 1.82) is 0 Å². The lowest BCUT2D eigenvalue weighted by Crippen LogP contribution is -2.33. The van der Waals surface area contributed by atoms with Gasteiger partial charge in [0, 0.05) is 44.2 Å². The van der Waals surface area contributed by atoms with Gasteiger partial charge in [-0.05, 0) is 18.8 Å². The molecule has 100 valence electrons. The van der Waals surface area contributed by atoms with Crippen LogP contribution in [0, 0.1) is 5.92 Å². The van der Waals surface area contributed by atoms with Crippen molar-refractivity contribution in [3.05, 3.63) is 17.0 Å². The first-order valence-electron chi connectivity index (χ1n) is 7.14. The van der Waals surface area contributed by atoms with E-state index in [0.717, 1.165) is 49.5 Å². The molecule has 1 saturated carbocycles. The van der Waals surface area contributed by atoms with Crippen molar-refractivity contribution in [2.24, 2.45) is 5.92 Å². The van der Waals surface area contributed by atoms with E-state index < -0.39 is 0 Å². The Morgan fingerprint density at radius 1 is 1.44 bits per heavy atom. The third-order valence-electron chi connectivity index (χ3n) is 3.75. The number of nitrogens with zero attached hydrogens (tertiary/aromatic N) is 2. The van der Waals surface area contributed by atoms with Gasteiger partial charge in [-0.15, -0.1) is 0 Å². The summed E-state index contributed by atoms with van der Waals surface area (Å²) in [4.78, 5) is 2.52. The summed E-state index contributed by atoms with van der Waals surface area (Å²) in [5.74, 6) is 1.84. The van der Waals surface area contributed by atoms with Gasteiger partial charge in [0.25, 0.3) is 0 Å². The summed E-state index contributed by atoms with van der Waals surface area (Å²) in [6, 6.07) is 0.729. The van der Waals surface area contributed by atoms with Crippen LogP contribution in [0.25, 0.3) is 0 Å². The highest BCUT2D eigenvalue weighted by Gasteiger charge is 2.26. The normalized spacial score (nSPS) is 20.4. The van der Waals surface area contributed by atoms with Crippen LogP contribution in [-0.4, -0.2) is 29.2 Å². The molecule has 0 amide bonds. The van der Waals surface area contributed by atoms with Crippen LogP contribution in [0.2, 0.25) is 0 Å². The van der Waals surface area contributed by atoms with Crippen LogP contribution >= 0.6 is 0 Å². The third kappa shape index (κ3) is 2.75. The summed E-state index contributed by atoms with van der Waals surface area (Å²) < 4.78 is 5.48. The molecule has 4 nitrogen and oxygen atoms in total. The lowest BCUT2D eigenvalue weighted by atomic mass is 10.0. The van der Waals surface area contributed by atoms with Gasteiger partial charge in [0.1, 0.15) is 11.5 Å². The summed E-state index contributed by atoms with van der Waals surface area (Å²) >= 11 is 0. The first-order chi connectivity index (χ1) is 8.72. The second kappa shape index (κ2) is 5.02. The molecule has 2 heterocycles. The van der Waals surface area contributed by atoms with Gasteiger partial charge < -0.3 is 9.84 Å². The fourth-order valence-electron chi connectivity index (χ4n) is 2.66. The lowest BCUT2D eigenvalue weighted by Gasteiger charge is -2.27. The molecular weight excluding hydrogens is 226 g/mol. The van der Waals surface area contributed by atoms with Crippen LogP contribution in [0.15, 0.2) is 4.52 Å². The van der Waals surface area contributed by atoms with Crippen molar-refractivity contribution in [1.82, 2.24) is 15.4 Å². The summed E-state index contributed by atoms with van der Waals surface area (Å²) in [6.07, 6.45) is 3.65. The zero-order chi connectivity index (χ0) is 12.5. The molecule has 0 radical (unpaired) electrons. The molecule has 0 unspecified atom stereocenters. The van der Waals surface area contributed by atoms with Crippen LogP contribution in [0.1, 0.15) is 43.7 Å². The number of nitrogens with one attached hydrogen (secondary N) is 1. The largest absolute Gasteiger partial charge is 0.361 e. The minimum absolute atomic E-state index is 0.722. The molecule has 1 aliphatic carbocycles.